The van der Waals surface area contributed by atoms with Gasteiger partial charge >= 0.3 is 0 Å². The van der Waals surface area contributed by atoms with Gasteiger partial charge in [-0.15, -0.1) is 0 Å². The molecule has 0 aromatic heterocycles. The second kappa shape index (κ2) is 7.17. The van der Waals surface area contributed by atoms with Crippen LogP contribution < -0.4 is 5.32 Å². The third kappa shape index (κ3) is 3.67. The SMILES string of the molecule is CCNC(=NCc1cccc([N+](=O)[O-])c1)N1CCC2(CCOC2)C1. The first-order valence-corrected chi connectivity index (χ1v) is 8.46. The Kier molecular flexibility index (Phi) is 4.99. The van der Waals surface area contributed by atoms with Crippen LogP contribution in [-0.2, 0) is 11.3 Å². The van der Waals surface area contributed by atoms with Gasteiger partial charge in [-0.1, -0.05) is 12.1 Å². The largest absolute Gasteiger partial charge is 0.381 e. The Labute approximate surface area is 141 Å². The highest BCUT2D eigenvalue weighted by atomic mass is 16.6. The van der Waals surface area contributed by atoms with Crippen molar-refractivity contribution in [1.29, 1.82) is 0 Å². The van der Waals surface area contributed by atoms with E-state index in [1.165, 1.54) is 6.07 Å². The first-order chi connectivity index (χ1) is 11.6. The molecule has 1 unspecified atom stereocenters. The van der Waals surface area contributed by atoms with Crippen LogP contribution in [0.1, 0.15) is 25.3 Å². The maximum absolute atomic E-state index is 10.9. The van der Waals surface area contributed by atoms with Crippen LogP contribution in [0.25, 0.3) is 0 Å². The molecule has 2 saturated heterocycles. The van der Waals surface area contributed by atoms with Gasteiger partial charge in [0.1, 0.15) is 0 Å². The van der Waals surface area contributed by atoms with E-state index >= 15 is 0 Å². The second-order valence-electron chi connectivity index (χ2n) is 6.57. The van der Waals surface area contributed by atoms with E-state index in [2.05, 4.69) is 15.2 Å². The molecule has 1 atom stereocenters. The molecule has 0 radical (unpaired) electrons. The van der Waals surface area contributed by atoms with Gasteiger partial charge in [0.25, 0.3) is 5.69 Å². The molecule has 1 N–H and O–H groups in total. The van der Waals surface area contributed by atoms with Crippen molar-refractivity contribution >= 4 is 11.6 Å². The number of aliphatic imine (C=N–C) groups is 1. The van der Waals surface area contributed by atoms with E-state index in [9.17, 15) is 10.1 Å². The molecule has 0 bridgehead atoms. The summed E-state index contributed by atoms with van der Waals surface area (Å²) in [6.45, 7) is 6.92. The van der Waals surface area contributed by atoms with E-state index < -0.39 is 0 Å². The number of guanidine groups is 1. The molecule has 7 nitrogen and oxygen atoms in total. The van der Waals surface area contributed by atoms with Gasteiger partial charge < -0.3 is 15.0 Å². The molecule has 2 aliphatic heterocycles. The lowest BCUT2D eigenvalue weighted by molar-refractivity contribution is -0.384. The van der Waals surface area contributed by atoms with Crippen molar-refractivity contribution in [1.82, 2.24) is 10.2 Å². The van der Waals surface area contributed by atoms with Gasteiger partial charge in [-0.25, -0.2) is 4.99 Å². The Balaban J connectivity index is 1.70. The third-order valence-corrected chi connectivity index (χ3v) is 4.79. The van der Waals surface area contributed by atoms with Gasteiger partial charge in [0, 0.05) is 43.8 Å². The van der Waals surface area contributed by atoms with Crippen molar-refractivity contribution in [2.75, 3.05) is 32.8 Å². The fourth-order valence-corrected chi connectivity index (χ4v) is 3.45. The van der Waals surface area contributed by atoms with Crippen LogP contribution in [-0.4, -0.2) is 48.6 Å². The van der Waals surface area contributed by atoms with Crippen molar-refractivity contribution in [2.45, 2.75) is 26.3 Å². The summed E-state index contributed by atoms with van der Waals surface area (Å²) in [6.07, 6.45) is 2.25. The van der Waals surface area contributed by atoms with Crippen molar-refractivity contribution in [2.24, 2.45) is 10.4 Å². The molecule has 24 heavy (non-hydrogen) atoms. The number of nitro groups is 1. The van der Waals surface area contributed by atoms with Crippen molar-refractivity contribution in [3.63, 3.8) is 0 Å². The number of nitrogens with one attached hydrogen (secondary N) is 1. The molecule has 130 valence electrons. The van der Waals surface area contributed by atoms with E-state index in [1.807, 2.05) is 13.0 Å². The summed E-state index contributed by atoms with van der Waals surface area (Å²) in [6, 6.07) is 6.67. The van der Waals surface area contributed by atoms with E-state index in [0.29, 0.717) is 6.54 Å². The minimum atomic E-state index is -0.372. The monoisotopic (exact) mass is 332 g/mol. The second-order valence-corrected chi connectivity index (χ2v) is 6.57. The number of non-ortho nitro benzene ring substituents is 1. The zero-order valence-corrected chi connectivity index (χ0v) is 14.0. The number of rotatable bonds is 4. The van der Waals surface area contributed by atoms with Crippen molar-refractivity contribution < 1.29 is 9.66 Å². The van der Waals surface area contributed by atoms with Gasteiger partial charge in [-0.2, -0.15) is 0 Å². The van der Waals surface area contributed by atoms with Gasteiger partial charge in [0.15, 0.2) is 5.96 Å². The summed E-state index contributed by atoms with van der Waals surface area (Å²) < 4.78 is 5.58. The summed E-state index contributed by atoms with van der Waals surface area (Å²) in [5.41, 5.74) is 1.23. The van der Waals surface area contributed by atoms with Crippen molar-refractivity contribution in [3.05, 3.63) is 39.9 Å². The molecule has 2 fully saturated rings. The Morgan fingerprint density at radius 2 is 2.38 bits per heavy atom. The Bertz CT molecular complexity index is 626. The first-order valence-electron chi connectivity index (χ1n) is 8.46. The normalized spacial score (nSPS) is 23.9. The summed E-state index contributed by atoms with van der Waals surface area (Å²) in [5, 5.41) is 14.2. The maximum Gasteiger partial charge on any atom is 0.269 e. The molecule has 0 aliphatic carbocycles. The van der Waals surface area contributed by atoms with Crippen molar-refractivity contribution in [3.8, 4) is 0 Å². The highest BCUT2D eigenvalue weighted by molar-refractivity contribution is 5.80. The van der Waals surface area contributed by atoms with Crippen LogP contribution in [0.2, 0.25) is 0 Å². The maximum atomic E-state index is 10.9. The van der Waals surface area contributed by atoms with Crippen LogP contribution in [0.3, 0.4) is 0 Å². The Morgan fingerprint density at radius 3 is 3.08 bits per heavy atom. The predicted octanol–water partition coefficient (Wildman–Crippen LogP) is 2.17. The van der Waals surface area contributed by atoms with Crippen LogP contribution in [0, 0.1) is 15.5 Å². The highest BCUT2D eigenvalue weighted by Gasteiger charge is 2.42. The standard InChI is InChI=1S/C17H24N4O3/c1-2-18-16(20-8-6-17(12-20)7-9-24-13-17)19-11-14-4-3-5-15(10-14)21(22)23/h3-5,10H,2,6-9,11-13H2,1H3,(H,18,19). The molecule has 1 spiro atoms. The number of benzene rings is 1. The van der Waals surface area contributed by atoms with Crippen LogP contribution in [0.4, 0.5) is 5.69 Å². The molecule has 7 heteroatoms. The summed E-state index contributed by atoms with van der Waals surface area (Å²) in [7, 11) is 0. The van der Waals surface area contributed by atoms with E-state index in [0.717, 1.165) is 57.2 Å². The molecule has 1 aromatic rings. The fraction of sp³-hybridized carbons (Fsp3) is 0.588. The molecule has 1 aromatic carbocycles. The number of hydrogen-bond donors (Lipinski definition) is 1. The van der Waals surface area contributed by atoms with Gasteiger partial charge in [-0.3, -0.25) is 10.1 Å². The number of hydrogen-bond acceptors (Lipinski definition) is 4. The summed E-state index contributed by atoms with van der Waals surface area (Å²) in [4.78, 5) is 17.5. The molecule has 2 aliphatic rings. The highest BCUT2D eigenvalue weighted by Crippen LogP contribution is 2.38. The number of ether oxygens (including phenoxy) is 1. The molecule has 0 amide bonds. The number of likely N-dealkylation sites (tertiary alicyclic amines) is 1. The van der Waals surface area contributed by atoms with Gasteiger partial charge in [0.2, 0.25) is 0 Å². The predicted molar refractivity (Wildman–Crippen MR) is 92.0 cm³/mol. The number of nitro benzene ring substituents is 1. The molecule has 0 saturated carbocycles. The average molecular weight is 332 g/mol. The third-order valence-electron chi connectivity index (χ3n) is 4.79. The zero-order chi connectivity index (χ0) is 17.0. The zero-order valence-electron chi connectivity index (χ0n) is 14.0. The molecular formula is C17H24N4O3. The molecular weight excluding hydrogens is 308 g/mol. The smallest absolute Gasteiger partial charge is 0.269 e. The minimum absolute atomic E-state index is 0.107. The van der Waals surface area contributed by atoms with Crippen LogP contribution in [0.15, 0.2) is 29.3 Å². The molecule has 3 rings (SSSR count). The van der Waals surface area contributed by atoms with E-state index in [4.69, 9.17) is 4.74 Å². The minimum Gasteiger partial charge on any atom is -0.381 e. The van der Waals surface area contributed by atoms with Crippen LogP contribution >= 0.6 is 0 Å². The topological polar surface area (TPSA) is 80.0 Å². The Morgan fingerprint density at radius 1 is 1.50 bits per heavy atom. The lowest BCUT2D eigenvalue weighted by atomic mass is 9.87. The first kappa shape index (κ1) is 16.7. The lowest BCUT2D eigenvalue weighted by Crippen LogP contribution is -2.41. The van der Waals surface area contributed by atoms with Crippen LogP contribution in [0.5, 0.6) is 0 Å². The average Bonchev–Trinajstić information content (AvgIpc) is 3.22. The number of nitrogens with zero attached hydrogens (tertiary/aromatic N) is 3. The van der Waals surface area contributed by atoms with Gasteiger partial charge in [0.05, 0.1) is 18.1 Å². The molecule has 2 heterocycles. The van der Waals surface area contributed by atoms with Gasteiger partial charge in [-0.05, 0) is 25.3 Å². The fourth-order valence-electron chi connectivity index (χ4n) is 3.45. The van der Waals surface area contributed by atoms with E-state index in [-0.39, 0.29) is 16.0 Å². The Hall–Kier alpha value is -2.15. The lowest BCUT2D eigenvalue weighted by Gasteiger charge is -2.25. The summed E-state index contributed by atoms with van der Waals surface area (Å²) >= 11 is 0. The van der Waals surface area contributed by atoms with E-state index in [1.54, 1.807) is 12.1 Å². The summed E-state index contributed by atoms with van der Waals surface area (Å²) in [5.74, 6) is 0.882. The quantitative estimate of drug-likeness (QED) is 0.396.